The quantitative estimate of drug-likeness (QED) is 0.738. The first kappa shape index (κ1) is 10.6. The highest BCUT2D eigenvalue weighted by molar-refractivity contribution is 5.85. The first-order valence-electron chi connectivity index (χ1n) is 4.68. The Morgan fingerprint density at radius 2 is 2.29 bits per heavy atom. The van der Waals surface area contributed by atoms with Crippen molar-refractivity contribution < 1.29 is 9.90 Å². The van der Waals surface area contributed by atoms with Crippen LogP contribution in [-0.2, 0) is 0 Å². The first-order chi connectivity index (χ1) is 6.60. The Kier molecular flexibility index (Phi) is 3.12. The van der Waals surface area contributed by atoms with E-state index in [0.29, 0.717) is 0 Å². The molecule has 0 aliphatic heterocycles. The van der Waals surface area contributed by atoms with Crippen LogP contribution in [0, 0.1) is 0 Å². The molecule has 0 aliphatic rings. The van der Waals surface area contributed by atoms with E-state index in [1.807, 2.05) is 19.9 Å². The van der Waals surface area contributed by atoms with Gasteiger partial charge in [-0.05, 0) is 31.6 Å². The number of nitrogens with one attached hydrogen (secondary N) is 1. The minimum Gasteiger partial charge on any atom is -0.477 e. The molecule has 1 heterocycles. The van der Waals surface area contributed by atoms with Gasteiger partial charge in [-0.2, -0.15) is 0 Å². The number of aromatic amines is 1. The second-order valence-corrected chi connectivity index (χ2v) is 3.24. The molecule has 0 aliphatic carbocycles. The molecular weight excluding hydrogens is 178 g/mol. The maximum absolute atomic E-state index is 10.7. The summed E-state index contributed by atoms with van der Waals surface area (Å²) in [6.07, 6.45) is 2.82. The lowest BCUT2D eigenvalue weighted by Crippen LogP contribution is -2.23. The average Bonchev–Trinajstić information content (AvgIpc) is 2.60. The van der Waals surface area contributed by atoms with Crippen molar-refractivity contribution in [1.82, 2.24) is 4.98 Å². The molecule has 0 fully saturated rings. The maximum Gasteiger partial charge on any atom is 0.352 e. The molecular formula is C11H15NO2. The Labute approximate surface area is 82.8 Å². The normalized spacial score (nSPS) is 14.4. The number of H-pyrrole nitrogens is 1. The van der Waals surface area contributed by atoms with Gasteiger partial charge in [-0.3, -0.25) is 0 Å². The molecule has 3 nitrogen and oxygen atoms in total. The van der Waals surface area contributed by atoms with Crippen molar-refractivity contribution in [2.24, 2.45) is 0 Å². The molecule has 1 rings (SSSR count). The van der Waals surface area contributed by atoms with E-state index in [0.717, 1.165) is 17.0 Å². The van der Waals surface area contributed by atoms with Crippen molar-refractivity contribution in [1.29, 1.82) is 0 Å². The van der Waals surface area contributed by atoms with Crippen molar-refractivity contribution in [2.45, 2.75) is 27.2 Å². The summed E-state index contributed by atoms with van der Waals surface area (Å²) in [4.78, 5) is 13.6. The third-order valence-electron chi connectivity index (χ3n) is 2.36. The zero-order valence-corrected chi connectivity index (χ0v) is 8.72. The number of carboxylic acids is 1. The highest BCUT2D eigenvalue weighted by atomic mass is 16.4. The number of rotatable bonds is 2. The van der Waals surface area contributed by atoms with Crippen molar-refractivity contribution in [2.75, 3.05) is 0 Å². The van der Waals surface area contributed by atoms with Gasteiger partial charge in [0.2, 0.25) is 0 Å². The lowest BCUT2D eigenvalue weighted by atomic mass is 10.2. The van der Waals surface area contributed by atoms with Crippen molar-refractivity contribution in [3.05, 3.63) is 22.3 Å². The summed E-state index contributed by atoms with van der Waals surface area (Å²) in [6, 6.07) is 1.69. The fraction of sp³-hybridized carbons (Fsp3) is 0.364. The minimum atomic E-state index is -0.914. The lowest BCUT2D eigenvalue weighted by Gasteiger charge is -1.90. The Morgan fingerprint density at radius 3 is 2.71 bits per heavy atom. The smallest absolute Gasteiger partial charge is 0.352 e. The molecule has 0 unspecified atom stereocenters. The van der Waals surface area contributed by atoms with Crippen LogP contribution < -0.4 is 10.6 Å². The van der Waals surface area contributed by atoms with E-state index in [9.17, 15) is 4.79 Å². The predicted octanol–water partition coefficient (Wildman–Crippen LogP) is 1.09. The van der Waals surface area contributed by atoms with Gasteiger partial charge in [-0.25, -0.2) is 4.79 Å². The van der Waals surface area contributed by atoms with E-state index >= 15 is 0 Å². The van der Waals surface area contributed by atoms with E-state index in [4.69, 9.17) is 5.11 Å². The van der Waals surface area contributed by atoms with Gasteiger partial charge in [-0.15, -0.1) is 0 Å². The largest absolute Gasteiger partial charge is 0.477 e. The third-order valence-corrected chi connectivity index (χ3v) is 2.36. The van der Waals surface area contributed by atoms with Crippen molar-refractivity contribution in [3.8, 4) is 0 Å². The molecule has 2 N–H and O–H groups in total. The van der Waals surface area contributed by atoms with Crippen LogP contribution in [0.5, 0.6) is 0 Å². The van der Waals surface area contributed by atoms with Crippen LogP contribution >= 0.6 is 0 Å². The van der Waals surface area contributed by atoms with Crippen LogP contribution in [0.1, 0.15) is 37.7 Å². The van der Waals surface area contributed by atoms with Gasteiger partial charge in [0.15, 0.2) is 0 Å². The van der Waals surface area contributed by atoms with Gasteiger partial charge in [0, 0.05) is 5.35 Å². The minimum absolute atomic E-state index is 0.251. The Morgan fingerprint density at radius 1 is 1.64 bits per heavy atom. The number of carbonyl (C=O) groups is 1. The predicted molar refractivity (Wildman–Crippen MR) is 56.5 cm³/mol. The van der Waals surface area contributed by atoms with Gasteiger partial charge in [0.05, 0.1) is 0 Å². The molecule has 0 spiro atoms. The molecule has 76 valence electrons. The SMILES string of the molecule is C/C=c1/[nH]c(C(=O)O)c/c1=C(\C)CC. The Balaban J connectivity index is 3.54. The summed E-state index contributed by atoms with van der Waals surface area (Å²) < 4.78 is 0. The van der Waals surface area contributed by atoms with E-state index in [1.54, 1.807) is 6.07 Å². The number of aromatic carboxylic acids is 1. The van der Waals surface area contributed by atoms with Crippen LogP contribution in [-0.4, -0.2) is 16.1 Å². The Hall–Kier alpha value is -1.51. The van der Waals surface area contributed by atoms with E-state index in [1.165, 1.54) is 5.57 Å². The third kappa shape index (κ3) is 1.87. The summed E-state index contributed by atoms with van der Waals surface area (Å²) in [5.41, 5.74) is 1.45. The number of aromatic nitrogens is 1. The van der Waals surface area contributed by atoms with Crippen LogP contribution in [0.2, 0.25) is 0 Å². The topological polar surface area (TPSA) is 53.1 Å². The standard InChI is InChI=1S/C11H15NO2/c1-4-7(3)8-6-10(11(13)14)12-9(8)5-2/h5-6,12H,4H2,1-3H3,(H,13,14)/b8-7-,9-5+. The van der Waals surface area contributed by atoms with Crippen LogP contribution in [0.25, 0.3) is 11.6 Å². The first-order valence-corrected chi connectivity index (χ1v) is 4.68. The molecule has 0 aromatic carbocycles. The molecule has 3 heteroatoms. The van der Waals surface area contributed by atoms with Gasteiger partial charge >= 0.3 is 5.97 Å². The average molecular weight is 193 g/mol. The molecule has 0 atom stereocenters. The summed E-state index contributed by atoms with van der Waals surface area (Å²) in [5, 5.41) is 10.7. The summed E-state index contributed by atoms with van der Waals surface area (Å²) >= 11 is 0. The lowest BCUT2D eigenvalue weighted by molar-refractivity contribution is 0.0691. The number of hydrogen-bond donors (Lipinski definition) is 2. The van der Waals surface area contributed by atoms with E-state index < -0.39 is 5.97 Å². The second kappa shape index (κ2) is 4.13. The zero-order chi connectivity index (χ0) is 10.7. The molecule has 14 heavy (non-hydrogen) atoms. The van der Waals surface area contributed by atoms with Crippen LogP contribution in [0.15, 0.2) is 6.07 Å². The van der Waals surface area contributed by atoms with Gasteiger partial charge in [-0.1, -0.05) is 18.6 Å². The maximum atomic E-state index is 10.7. The van der Waals surface area contributed by atoms with E-state index in [-0.39, 0.29) is 5.69 Å². The van der Waals surface area contributed by atoms with Crippen LogP contribution in [0.4, 0.5) is 0 Å². The van der Waals surface area contributed by atoms with E-state index in [2.05, 4.69) is 11.9 Å². The molecule has 1 aromatic heterocycles. The fourth-order valence-electron chi connectivity index (χ4n) is 1.36. The van der Waals surface area contributed by atoms with Gasteiger partial charge in [0.1, 0.15) is 5.69 Å². The highest BCUT2D eigenvalue weighted by Gasteiger charge is 2.05. The van der Waals surface area contributed by atoms with Gasteiger partial charge < -0.3 is 10.1 Å². The monoisotopic (exact) mass is 193 g/mol. The summed E-state index contributed by atoms with van der Waals surface area (Å²) in [6.45, 7) is 5.97. The molecule has 0 amide bonds. The molecule has 0 bridgehead atoms. The fourth-order valence-corrected chi connectivity index (χ4v) is 1.36. The molecule has 0 radical (unpaired) electrons. The van der Waals surface area contributed by atoms with Crippen LogP contribution in [0.3, 0.4) is 0 Å². The summed E-state index contributed by atoms with van der Waals surface area (Å²) in [7, 11) is 0. The summed E-state index contributed by atoms with van der Waals surface area (Å²) in [5.74, 6) is -0.914. The molecule has 1 aromatic rings. The molecule has 0 saturated carbocycles. The highest BCUT2D eigenvalue weighted by Crippen LogP contribution is 1.96. The number of hydrogen-bond acceptors (Lipinski definition) is 1. The second-order valence-electron chi connectivity index (χ2n) is 3.24. The molecule has 0 saturated heterocycles. The number of carboxylic acid groups (broad SMARTS) is 1. The van der Waals surface area contributed by atoms with Crippen molar-refractivity contribution >= 4 is 17.6 Å². The van der Waals surface area contributed by atoms with Crippen molar-refractivity contribution in [3.63, 3.8) is 0 Å². The Bertz CT molecular complexity index is 454. The van der Waals surface area contributed by atoms with Gasteiger partial charge in [0.25, 0.3) is 0 Å². The zero-order valence-electron chi connectivity index (χ0n) is 8.72.